The van der Waals surface area contributed by atoms with Crippen LogP contribution >= 0.6 is 11.6 Å². The van der Waals surface area contributed by atoms with Crippen molar-refractivity contribution in [1.82, 2.24) is 19.4 Å². The number of amides is 2. The van der Waals surface area contributed by atoms with Gasteiger partial charge in [0.25, 0.3) is 0 Å². The first kappa shape index (κ1) is 32.4. The summed E-state index contributed by atoms with van der Waals surface area (Å²) in [5.74, 6) is -1.39. The van der Waals surface area contributed by atoms with Gasteiger partial charge in [-0.1, -0.05) is 48.0 Å². The Balaban J connectivity index is 1.11. The molecule has 0 radical (unpaired) electrons. The van der Waals surface area contributed by atoms with Crippen LogP contribution in [0.15, 0.2) is 79.3 Å². The predicted octanol–water partition coefficient (Wildman–Crippen LogP) is 6.94. The second-order valence-electron chi connectivity index (χ2n) is 12.5. The van der Waals surface area contributed by atoms with Gasteiger partial charge in [-0.3, -0.25) is 14.4 Å². The summed E-state index contributed by atoms with van der Waals surface area (Å²) >= 11 is 6.28. The highest BCUT2D eigenvalue weighted by molar-refractivity contribution is 6.33. The van der Waals surface area contributed by atoms with Crippen molar-refractivity contribution in [3.8, 4) is 22.3 Å². The summed E-state index contributed by atoms with van der Waals surface area (Å²) in [6.07, 6.45) is 5.71. The van der Waals surface area contributed by atoms with Crippen LogP contribution in [0.3, 0.4) is 0 Å². The summed E-state index contributed by atoms with van der Waals surface area (Å²) in [5.41, 5.74) is 3.21. The summed E-state index contributed by atoms with van der Waals surface area (Å²) in [6.45, 7) is 2.81. The Morgan fingerprint density at radius 2 is 1.69 bits per heavy atom. The molecule has 0 bridgehead atoms. The number of carbonyl (C=O) groups is 3. The van der Waals surface area contributed by atoms with E-state index < -0.39 is 29.8 Å². The number of rotatable bonds is 8. The van der Waals surface area contributed by atoms with Crippen molar-refractivity contribution in [2.75, 3.05) is 29.9 Å². The van der Waals surface area contributed by atoms with Gasteiger partial charge >= 0.3 is 0 Å². The average Bonchev–Trinajstić information content (AvgIpc) is 3.86. The maximum atomic E-state index is 15.6. The van der Waals surface area contributed by atoms with Crippen LogP contribution in [0.5, 0.6) is 0 Å². The molecule has 250 valence electrons. The number of benzene rings is 3. The van der Waals surface area contributed by atoms with E-state index in [2.05, 4.69) is 20.2 Å². The Bertz CT molecular complexity index is 2080. The van der Waals surface area contributed by atoms with Crippen molar-refractivity contribution in [3.63, 3.8) is 0 Å². The lowest BCUT2D eigenvalue weighted by Crippen LogP contribution is -2.44. The summed E-state index contributed by atoms with van der Waals surface area (Å²) < 4.78 is 32.0. The third-order valence-corrected chi connectivity index (χ3v) is 9.55. The van der Waals surface area contributed by atoms with Gasteiger partial charge in [0.05, 0.1) is 12.2 Å². The topological polar surface area (TPSA) is 100 Å². The molecule has 3 aromatic carbocycles. The molecule has 2 aliphatic rings. The molecule has 49 heavy (non-hydrogen) atoms. The van der Waals surface area contributed by atoms with Gasteiger partial charge < -0.3 is 19.7 Å². The van der Waals surface area contributed by atoms with Gasteiger partial charge in [-0.15, -0.1) is 0 Å². The van der Waals surface area contributed by atoms with Gasteiger partial charge in [-0.2, -0.15) is 0 Å². The number of Topliss-reactive ketones (excluding diaryl/α,β-unsaturated/α-hetero) is 1. The highest BCUT2D eigenvalue weighted by Crippen LogP contribution is 2.34. The Morgan fingerprint density at radius 3 is 2.43 bits per heavy atom. The minimum absolute atomic E-state index is 0.105. The minimum atomic E-state index is -1.44. The second-order valence-corrected chi connectivity index (χ2v) is 12.9. The summed E-state index contributed by atoms with van der Waals surface area (Å²) in [6, 6.07) is 15.7. The van der Waals surface area contributed by atoms with E-state index in [0.29, 0.717) is 33.0 Å². The van der Waals surface area contributed by atoms with Gasteiger partial charge in [0.2, 0.25) is 17.8 Å². The number of carbonyl (C=O) groups excluding carboxylic acids is 3. The molecule has 0 spiro atoms. The maximum absolute atomic E-state index is 15.6. The highest BCUT2D eigenvalue weighted by Gasteiger charge is 2.40. The fourth-order valence-electron chi connectivity index (χ4n) is 6.72. The van der Waals surface area contributed by atoms with Crippen LogP contribution in [0.2, 0.25) is 5.02 Å². The lowest BCUT2D eigenvalue weighted by molar-refractivity contribution is -0.137. The lowest BCUT2D eigenvalue weighted by Gasteiger charge is -2.24. The zero-order chi connectivity index (χ0) is 34.2. The molecule has 2 saturated heterocycles. The number of nitrogens with one attached hydrogen (secondary N) is 1. The van der Waals surface area contributed by atoms with E-state index >= 15 is 4.39 Å². The first-order chi connectivity index (χ1) is 23.7. The fourth-order valence-corrected chi connectivity index (χ4v) is 6.95. The monoisotopic (exact) mass is 682 g/mol. The zero-order valence-electron chi connectivity index (χ0n) is 26.7. The van der Waals surface area contributed by atoms with E-state index in [1.165, 1.54) is 17.9 Å². The van der Waals surface area contributed by atoms with Crippen LogP contribution in [0.4, 0.5) is 20.4 Å². The first-order valence-electron chi connectivity index (χ1n) is 16.2. The quantitative estimate of drug-likeness (QED) is 0.178. The van der Waals surface area contributed by atoms with Crippen molar-refractivity contribution in [2.24, 2.45) is 0 Å². The maximum Gasteiger partial charge on any atom is 0.247 e. The number of halogens is 3. The van der Waals surface area contributed by atoms with Crippen LogP contribution < -0.4 is 10.2 Å². The molecule has 5 aromatic rings. The second kappa shape index (κ2) is 13.4. The molecule has 2 amide bonds. The molecule has 2 atom stereocenters. The largest absolute Gasteiger partial charge is 0.341 e. The molecule has 2 unspecified atom stereocenters. The predicted molar refractivity (Wildman–Crippen MR) is 185 cm³/mol. The van der Waals surface area contributed by atoms with Gasteiger partial charge in [-0.05, 0) is 49.6 Å². The number of fused-ring (bicyclic) bond motifs is 1. The van der Waals surface area contributed by atoms with Crippen LogP contribution in [-0.2, 0) is 16.1 Å². The van der Waals surface area contributed by atoms with Crippen molar-refractivity contribution < 1.29 is 23.2 Å². The van der Waals surface area contributed by atoms with Gasteiger partial charge in [-0.25, -0.2) is 18.7 Å². The van der Waals surface area contributed by atoms with Crippen LogP contribution in [0.1, 0.15) is 36.5 Å². The minimum Gasteiger partial charge on any atom is -0.341 e. The SMILES string of the molecule is CC(=O)c1cn(CC(=O)N2CC(F)CC2C(=O)Nc2cccc(-c3ccccc3Cl)c2F)c2ccc(-c3cnc(N4CCCC4)nc3)cc12. The van der Waals surface area contributed by atoms with Crippen molar-refractivity contribution in [2.45, 2.75) is 44.9 Å². The molecule has 12 heteroatoms. The third-order valence-electron chi connectivity index (χ3n) is 9.22. The van der Waals surface area contributed by atoms with Crippen molar-refractivity contribution >= 4 is 51.7 Å². The molecule has 1 N–H and O–H groups in total. The Kier molecular flexibility index (Phi) is 8.85. The molecule has 0 aliphatic carbocycles. The number of likely N-dealkylation sites (tertiary alicyclic amines) is 1. The lowest BCUT2D eigenvalue weighted by atomic mass is 10.0. The van der Waals surface area contributed by atoms with E-state index in [0.717, 1.165) is 37.1 Å². The summed E-state index contributed by atoms with van der Waals surface area (Å²) in [4.78, 5) is 52.2. The Hall–Kier alpha value is -5.16. The molecule has 2 fully saturated rings. The normalized spacial score (nSPS) is 17.6. The number of anilines is 2. The fraction of sp³-hybridized carbons (Fsp3) is 0.270. The number of nitrogens with zero attached hydrogens (tertiary/aromatic N) is 5. The number of hydrogen-bond acceptors (Lipinski definition) is 6. The van der Waals surface area contributed by atoms with E-state index in [9.17, 15) is 18.8 Å². The molecule has 2 aromatic heterocycles. The van der Waals surface area contributed by atoms with Crippen LogP contribution in [0.25, 0.3) is 33.2 Å². The number of ketones is 1. The zero-order valence-corrected chi connectivity index (χ0v) is 27.5. The molecule has 2 aliphatic heterocycles. The highest BCUT2D eigenvalue weighted by atomic mass is 35.5. The van der Waals surface area contributed by atoms with Crippen LogP contribution in [-0.4, -0.2) is 68.9 Å². The van der Waals surface area contributed by atoms with E-state index in [1.54, 1.807) is 59.6 Å². The molecule has 9 nitrogen and oxygen atoms in total. The standard InChI is InChI=1S/C37H33ClF2N6O3/c1-22(47)29-20-45(32-12-11-23(15-28(29)32)24-17-41-37(42-18-24)44-13-4-5-14-44)21-34(48)46-19-25(39)16-33(46)36(49)43-31-10-6-8-27(35(31)40)26-7-2-3-9-30(26)38/h2-3,6-12,15,17-18,20,25,33H,4-5,13-14,16,19,21H2,1H3,(H,43,49). The molecular formula is C37H33ClF2N6O3. The smallest absolute Gasteiger partial charge is 0.247 e. The van der Waals surface area contributed by atoms with Crippen molar-refractivity contribution in [1.29, 1.82) is 0 Å². The molecule has 4 heterocycles. The van der Waals surface area contributed by atoms with E-state index in [1.807, 2.05) is 18.2 Å². The van der Waals surface area contributed by atoms with Crippen molar-refractivity contribution in [3.05, 3.63) is 95.7 Å². The number of hydrogen-bond donors (Lipinski definition) is 1. The molecule has 0 saturated carbocycles. The van der Waals surface area contributed by atoms with Gasteiger partial charge in [0.15, 0.2) is 11.6 Å². The Morgan fingerprint density at radius 1 is 0.959 bits per heavy atom. The summed E-state index contributed by atoms with van der Waals surface area (Å²) in [7, 11) is 0. The van der Waals surface area contributed by atoms with Gasteiger partial charge in [0, 0.05) is 76.3 Å². The first-order valence-corrected chi connectivity index (χ1v) is 16.5. The third kappa shape index (κ3) is 6.38. The van der Waals surface area contributed by atoms with E-state index in [-0.39, 0.29) is 36.5 Å². The van der Waals surface area contributed by atoms with E-state index in [4.69, 9.17) is 11.6 Å². The average molecular weight is 683 g/mol. The number of aromatic nitrogens is 3. The Labute approximate surface area is 286 Å². The van der Waals surface area contributed by atoms with Gasteiger partial charge in [0.1, 0.15) is 18.8 Å². The number of alkyl halides is 1. The molecular weight excluding hydrogens is 650 g/mol. The van der Waals surface area contributed by atoms with Crippen LogP contribution in [0, 0.1) is 5.82 Å². The molecule has 7 rings (SSSR count). The summed E-state index contributed by atoms with van der Waals surface area (Å²) in [5, 5.41) is 3.55.